The predicted molar refractivity (Wildman–Crippen MR) is 145 cm³/mol. The van der Waals surface area contributed by atoms with E-state index in [1.54, 1.807) is 6.20 Å². The van der Waals surface area contributed by atoms with Crippen LogP contribution in [0.2, 0.25) is 0 Å². The van der Waals surface area contributed by atoms with Crippen LogP contribution in [0.15, 0.2) is 91.1 Å². The standard InChI is InChI=1S/C31H31N3O3/c35-29(32-19-11-1-2-12-20-32)23-33-22-27(26-17-9-10-18-28(26)33)30(36)31(37)34(25-15-7-4-8-16-25)21-24-13-5-3-6-14-24/h3-10,13-18,22H,1-2,11-12,19-21,23H2. The molecule has 3 aromatic carbocycles. The number of benzene rings is 3. The van der Waals surface area contributed by atoms with Gasteiger partial charge >= 0.3 is 0 Å². The molecule has 6 heteroatoms. The monoisotopic (exact) mass is 493 g/mol. The molecule has 0 aliphatic carbocycles. The van der Waals surface area contributed by atoms with Gasteiger partial charge < -0.3 is 14.4 Å². The molecular formula is C31H31N3O3. The van der Waals surface area contributed by atoms with Crippen molar-refractivity contribution < 1.29 is 14.4 Å². The van der Waals surface area contributed by atoms with E-state index in [1.165, 1.54) is 4.90 Å². The fourth-order valence-electron chi connectivity index (χ4n) is 5.02. The molecule has 0 unspecified atom stereocenters. The van der Waals surface area contributed by atoms with Crippen molar-refractivity contribution in [1.29, 1.82) is 0 Å². The normalized spacial score (nSPS) is 13.8. The van der Waals surface area contributed by atoms with Crippen LogP contribution in [0.3, 0.4) is 0 Å². The summed E-state index contributed by atoms with van der Waals surface area (Å²) < 4.78 is 1.81. The minimum Gasteiger partial charge on any atom is -0.341 e. The SMILES string of the molecule is O=C(C(=O)N(Cc1ccccc1)c1ccccc1)c1cn(CC(=O)N2CCCCCC2)c2ccccc12. The number of ketones is 1. The highest BCUT2D eigenvalue weighted by Crippen LogP contribution is 2.25. The van der Waals surface area contributed by atoms with E-state index in [9.17, 15) is 14.4 Å². The summed E-state index contributed by atoms with van der Waals surface area (Å²) in [5.74, 6) is -1.14. The maximum atomic E-state index is 13.7. The molecule has 0 N–H and O–H groups in total. The number of hydrogen-bond acceptors (Lipinski definition) is 3. The maximum absolute atomic E-state index is 13.7. The number of aromatic nitrogens is 1. The lowest BCUT2D eigenvalue weighted by molar-refractivity contribution is -0.131. The first kappa shape index (κ1) is 24.5. The van der Waals surface area contributed by atoms with Crippen LogP contribution in [0, 0.1) is 0 Å². The lowest BCUT2D eigenvalue weighted by Crippen LogP contribution is -2.36. The van der Waals surface area contributed by atoms with E-state index in [-0.39, 0.29) is 19.0 Å². The molecule has 5 rings (SSSR count). The number of para-hydroxylation sites is 2. The van der Waals surface area contributed by atoms with Gasteiger partial charge in [0.05, 0.1) is 12.1 Å². The number of anilines is 1. The zero-order chi connectivity index (χ0) is 25.6. The van der Waals surface area contributed by atoms with Gasteiger partial charge in [-0.3, -0.25) is 14.4 Å². The van der Waals surface area contributed by atoms with Crippen LogP contribution < -0.4 is 4.90 Å². The van der Waals surface area contributed by atoms with Gasteiger partial charge in [-0.2, -0.15) is 0 Å². The van der Waals surface area contributed by atoms with Gasteiger partial charge in [0.1, 0.15) is 6.54 Å². The van der Waals surface area contributed by atoms with Crippen LogP contribution in [0.25, 0.3) is 10.9 Å². The molecule has 1 fully saturated rings. The lowest BCUT2D eigenvalue weighted by Gasteiger charge is -2.22. The zero-order valence-electron chi connectivity index (χ0n) is 20.9. The van der Waals surface area contributed by atoms with Crippen molar-refractivity contribution in [2.75, 3.05) is 18.0 Å². The Balaban J connectivity index is 1.45. The van der Waals surface area contributed by atoms with E-state index in [4.69, 9.17) is 0 Å². The summed E-state index contributed by atoms with van der Waals surface area (Å²) in [6.07, 6.45) is 6.02. The Labute approximate surface area is 217 Å². The summed E-state index contributed by atoms with van der Waals surface area (Å²) in [7, 11) is 0. The number of rotatable bonds is 7. The molecule has 0 saturated carbocycles. The van der Waals surface area contributed by atoms with E-state index in [0.717, 1.165) is 49.9 Å². The molecule has 1 aliphatic heterocycles. The van der Waals surface area contributed by atoms with E-state index in [1.807, 2.05) is 94.4 Å². The third-order valence-corrected chi connectivity index (χ3v) is 6.99. The van der Waals surface area contributed by atoms with Crippen molar-refractivity contribution in [3.63, 3.8) is 0 Å². The highest BCUT2D eigenvalue weighted by molar-refractivity contribution is 6.48. The summed E-state index contributed by atoms with van der Waals surface area (Å²) >= 11 is 0. The first-order chi connectivity index (χ1) is 18.1. The van der Waals surface area contributed by atoms with Crippen molar-refractivity contribution in [2.45, 2.75) is 38.8 Å². The second-order valence-electron chi connectivity index (χ2n) is 9.52. The number of fused-ring (bicyclic) bond motifs is 1. The van der Waals surface area contributed by atoms with Gasteiger partial charge in [-0.05, 0) is 36.6 Å². The quantitative estimate of drug-likeness (QED) is 0.254. The smallest absolute Gasteiger partial charge is 0.299 e. The third kappa shape index (κ3) is 5.48. The summed E-state index contributed by atoms with van der Waals surface area (Å²) in [5.41, 5.74) is 2.68. The Kier molecular flexibility index (Phi) is 7.45. The molecule has 0 spiro atoms. The fraction of sp³-hybridized carbons (Fsp3) is 0.258. The molecule has 0 atom stereocenters. The van der Waals surface area contributed by atoms with Crippen LogP contribution in [-0.2, 0) is 22.7 Å². The predicted octanol–water partition coefficient (Wildman–Crippen LogP) is 5.46. The Hall–Kier alpha value is -4.19. The second-order valence-corrected chi connectivity index (χ2v) is 9.52. The second kappa shape index (κ2) is 11.2. The first-order valence-corrected chi connectivity index (χ1v) is 12.9. The van der Waals surface area contributed by atoms with Gasteiger partial charge in [0.15, 0.2) is 0 Å². The number of hydrogen-bond donors (Lipinski definition) is 0. The number of carbonyl (C=O) groups is 3. The Morgan fingerprint density at radius 1 is 0.730 bits per heavy atom. The van der Waals surface area contributed by atoms with Gasteiger partial charge in [0, 0.05) is 35.9 Å². The molecule has 37 heavy (non-hydrogen) atoms. The largest absolute Gasteiger partial charge is 0.341 e. The summed E-state index contributed by atoms with van der Waals surface area (Å²) in [6, 6.07) is 26.3. The van der Waals surface area contributed by atoms with Crippen LogP contribution in [0.5, 0.6) is 0 Å². The highest BCUT2D eigenvalue weighted by atomic mass is 16.2. The molecule has 188 valence electrons. The molecular weight excluding hydrogens is 462 g/mol. The van der Waals surface area contributed by atoms with E-state index in [2.05, 4.69) is 0 Å². The maximum Gasteiger partial charge on any atom is 0.299 e. The molecule has 1 aromatic heterocycles. The van der Waals surface area contributed by atoms with E-state index in [0.29, 0.717) is 16.6 Å². The van der Waals surface area contributed by atoms with Gasteiger partial charge in [-0.25, -0.2) is 0 Å². The molecule has 1 saturated heterocycles. The molecule has 0 radical (unpaired) electrons. The Bertz CT molecular complexity index is 1390. The molecule has 1 aliphatic rings. The van der Waals surface area contributed by atoms with Crippen molar-refractivity contribution in [3.05, 3.63) is 102 Å². The number of amides is 2. The minimum absolute atomic E-state index is 0.0444. The van der Waals surface area contributed by atoms with Crippen molar-refractivity contribution in [3.8, 4) is 0 Å². The first-order valence-electron chi connectivity index (χ1n) is 12.9. The molecule has 2 heterocycles. The number of carbonyl (C=O) groups excluding carboxylic acids is 3. The third-order valence-electron chi connectivity index (χ3n) is 6.99. The molecule has 0 bridgehead atoms. The molecule has 6 nitrogen and oxygen atoms in total. The van der Waals surface area contributed by atoms with Crippen LogP contribution in [-0.4, -0.2) is 40.2 Å². The lowest BCUT2D eigenvalue weighted by atomic mass is 10.1. The van der Waals surface area contributed by atoms with Crippen LogP contribution >= 0.6 is 0 Å². The topological polar surface area (TPSA) is 62.6 Å². The van der Waals surface area contributed by atoms with Crippen molar-refractivity contribution in [1.82, 2.24) is 9.47 Å². The summed E-state index contributed by atoms with van der Waals surface area (Å²) in [6.45, 7) is 1.97. The molecule has 2 amide bonds. The Morgan fingerprint density at radius 2 is 1.35 bits per heavy atom. The highest BCUT2D eigenvalue weighted by Gasteiger charge is 2.28. The van der Waals surface area contributed by atoms with Gasteiger partial charge in [-0.15, -0.1) is 0 Å². The van der Waals surface area contributed by atoms with Gasteiger partial charge in [0.25, 0.3) is 11.7 Å². The van der Waals surface area contributed by atoms with Gasteiger partial charge in [0.2, 0.25) is 5.91 Å². The summed E-state index contributed by atoms with van der Waals surface area (Å²) in [4.78, 5) is 44.0. The average Bonchev–Trinajstić information content (AvgIpc) is 3.10. The summed E-state index contributed by atoms with van der Waals surface area (Å²) in [5, 5.41) is 0.678. The van der Waals surface area contributed by atoms with E-state index < -0.39 is 11.7 Å². The Morgan fingerprint density at radius 3 is 2.05 bits per heavy atom. The molecule has 4 aromatic rings. The van der Waals surface area contributed by atoms with Crippen LogP contribution in [0.4, 0.5) is 5.69 Å². The van der Waals surface area contributed by atoms with Crippen molar-refractivity contribution >= 4 is 34.2 Å². The van der Waals surface area contributed by atoms with Crippen LogP contribution in [0.1, 0.15) is 41.6 Å². The average molecular weight is 494 g/mol. The van der Waals surface area contributed by atoms with Crippen molar-refractivity contribution in [2.24, 2.45) is 0 Å². The number of nitrogens with zero attached hydrogens (tertiary/aromatic N) is 3. The zero-order valence-corrected chi connectivity index (χ0v) is 20.9. The minimum atomic E-state index is -0.600. The number of likely N-dealkylation sites (tertiary alicyclic amines) is 1. The fourth-order valence-corrected chi connectivity index (χ4v) is 5.02. The number of Topliss-reactive ketones (excluding diaryl/α,β-unsaturated/α-hetero) is 1. The van der Waals surface area contributed by atoms with Gasteiger partial charge in [-0.1, -0.05) is 79.6 Å². The van der Waals surface area contributed by atoms with E-state index >= 15 is 0 Å².